The Labute approximate surface area is 93.6 Å². The van der Waals surface area contributed by atoms with Gasteiger partial charge in [0.1, 0.15) is 0 Å². The number of rotatable bonds is 3. The molecule has 1 aromatic carbocycles. The van der Waals surface area contributed by atoms with Gasteiger partial charge in [0.05, 0.1) is 12.7 Å². The van der Waals surface area contributed by atoms with Crippen LogP contribution in [-0.4, -0.2) is 19.2 Å². The van der Waals surface area contributed by atoms with Crippen molar-refractivity contribution in [3.05, 3.63) is 35.4 Å². The molecule has 1 heterocycles. The van der Waals surface area contributed by atoms with Crippen molar-refractivity contribution < 1.29 is 13.5 Å². The van der Waals surface area contributed by atoms with Crippen molar-refractivity contribution in [1.29, 1.82) is 0 Å². The van der Waals surface area contributed by atoms with Crippen LogP contribution in [0.25, 0.3) is 0 Å². The van der Waals surface area contributed by atoms with E-state index in [-0.39, 0.29) is 12.7 Å². The summed E-state index contributed by atoms with van der Waals surface area (Å²) in [5.41, 5.74) is 0.290. The molecule has 88 valence electrons. The lowest BCUT2D eigenvalue weighted by Crippen LogP contribution is -2.32. The first kappa shape index (κ1) is 11.5. The molecule has 0 amide bonds. The van der Waals surface area contributed by atoms with E-state index in [4.69, 9.17) is 4.74 Å². The summed E-state index contributed by atoms with van der Waals surface area (Å²) in [6.45, 7) is 2.00. The predicted octanol–water partition coefficient (Wildman–Crippen LogP) is 2.23. The number of ether oxygens (including phenoxy) is 1. The fraction of sp³-hybridized carbons (Fsp3) is 0.500. The highest BCUT2D eigenvalue weighted by atomic mass is 19.2. The van der Waals surface area contributed by atoms with Crippen LogP contribution in [0.3, 0.4) is 0 Å². The van der Waals surface area contributed by atoms with E-state index in [9.17, 15) is 8.78 Å². The van der Waals surface area contributed by atoms with Crippen molar-refractivity contribution in [2.75, 3.05) is 13.1 Å². The molecule has 1 aromatic rings. The molecule has 0 unspecified atom stereocenters. The molecule has 0 aliphatic carbocycles. The van der Waals surface area contributed by atoms with E-state index >= 15 is 0 Å². The van der Waals surface area contributed by atoms with Crippen molar-refractivity contribution in [3.8, 4) is 0 Å². The van der Waals surface area contributed by atoms with E-state index in [2.05, 4.69) is 5.32 Å². The minimum Gasteiger partial charge on any atom is -0.373 e. The zero-order valence-electron chi connectivity index (χ0n) is 9.01. The summed E-state index contributed by atoms with van der Waals surface area (Å²) in [7, 11) is 0. The highest BCUT2D eigenvalue weighted by molar-refractivity contribution is 5.18. The number of nitrogens with one attached hydrogen (secondary N) is 1. The van der Waals surface area contributed by atoms with Crippen LogP contribution >= 0.6 is 0 Å². The SMILES string of the molecule is Fc1cccc(COC2CCNCC2)c1F. The Morgan fingerprint density at radius 3 is 2.75 bits per heavy atom. The van der Waals surface area contributed by atoms with Crippen molar-refractivity contribution in [3.63, 3.8) is 0 Å². The smallest absolute Gasteiger partial charge is 0.164 e. The monoisotopic (exact) mass is 227 g/mol. The Morgan fingerprint density at radius 2 is 2.00 bits per heavy atom. The third-order valence-corrected chi connectivity index (χ3v) is 2.79. The second-order valence-electron chi connectivity index (χ2n) is 3.97. The van der Waals surface area contributed by atoms with Crippen molar-refractivity contribution >= 4 is 0 Å². The quantitative estimate of drug-likeness (QED) is 0.855. The fourth-order valence-electron chi connectivity index (χ4n) is 1.83. The van der Waals surface area contributed by atoms with Gasteiger partial charge in [-0.3, -0.25) is 0 Å². The molecule has 1 aliphatic heterocycles. The lowest BCUT2D eigenvalue weighted by atomic mass is 10.1. The number of hydrogen-bond acceptors (Lipinski definition) is 2. The Bertz CT molecular complexity index is 351. The number of piperidine rings is 1. The van der Waals surface area contributed by atoms with Crippen molar-refractivity contribution in [1.82, 2.24) is 5.32 Å². The first-order valence-corrected chi connectivity index (χ1v) is 5.52. The van der Waals surface area contributed by atoms with Gasteiger partial charge in [-0.2, -0.15) is 0 Å². The average molecular weight is 227 g/mol. The van der Waals surface area contributed by atoms with Gasteiger partial charge in [0.25, 0.3) is 0 Å². The number of hydrogen-bond donors (Lipinski definition) is 1. The normalized spacial score (nSPS) is 17.6. The lowest BCUT2D eigenvalue weighted by molar-refractivity contribution is 0.0197. The Morgan fingerprint density at radius 1 is 1.25 bits per heavy atom. The molecule has 1 aliphatic rings. The van der Waals surface area contributed by atoms with Crippen LogP contribution < -0.4 is 5.32 Å². The summed E-state index contributed by atoms with van der Waals surface area (Å²) in [5, 5.41) is 3.22. The molecule has 4 heteroatoms. The highest BCUT2D eigenvalue weighted by Gasteiger charge is 2.15. The molecule has 2 rings (SSSR count). The van der Waals surface area contributed by atoms with Gasteiger partial charge in [0.2, 0.25) is 0 Å². The third kappa shape index (κ3) is 2.77. The zero-order valence-corrected chi connectivity index (χ0v) is 9.01. The second-order valence-corrected chi connectivity index (χ2v) is 3.97. The molecule has 16 heavy (non-hydrogen) atoms. The zero-order chi connectivity index (χ0) is 11.4. The summed E-state index contributed by atoms with van der Waals surface area (Å²) < 4.78 is 31.8. The van der Waals surface area contributed by atoms with Gasteiger partial charge in [0.15, 0.2) is 11.6 Å². The molecule has 0 radical (unpaired) electrons. The van der Waals surface area contributed by atoms with Crippen LogP contribution in [-0.2, 0) is 11.3 Å². The molecule has 2 nitrogen and oxygen atoms in total. The number of benzene rings is 1. The summed E-state index contributed by atoms with van der Waals surface area (Å²) in [5.74, 6) is -1.61. The van der Waals surface area contributed by atoms with Crippen LogP contribution in [0.5, 0.6) is 0 Å². The predicted molar refractivity (Wildman–Crippen MR) is 57.0 cm³/mol. The molecule has 0 spiro atoms. The average Bonchev–Trinajstić information content (AvgIpc) is 2.32. The summed E-state index contributed by atoms with van der Waals surface area (Å²) in [6.07, 6.45) is 2.01. The van der Waals surface area contributed by atoms with Crippen LogP contribution in [0.2, 0.25) is 0 Å². The standard InChI is InChI=1S/C12H15F2NO/c13-11-3-1-2-9(12(11)14)8-16-10-4-6-15-7-5-10/h1-3,10,15H,4-8H2. The van der Waals surface area contributed by atoms with Gasteiger partial charge in [-0.05, 0) is 32.0 Å². The van der Waals surface area contributed by atoms with Gasteiger partial charge in [-0.1, -0.05) is 12.1 Å². The van der Waals surface area contributed by atoms with Crippen LogP contribution in [0.4, 0.5) is 8.78 Å². The first-order valence-electron chi connectivity index (χ1n) is 5.52. The molecule has 1 fully saturated rings. The van der Waals surface area contributed by atoms with E-state index in [1.807, 2.05) is 0 Å². The third-order valence-electron chi connectivity index (χ3n) is 2.79. The van der Waals surface area contributed by atoms with Crippen LogP contribution in [0.1, 0.15) is 18.4 Å². The van der Waals surface area contributed by atoms with Gasteiger partial charge in [0, 0.05) is 5.56 Å². The van der Waals surface area contributed by atoms with Crippen molar-refractivity contribution in [2.45, 2.75) is 25.6 Å². The molecular formula is C12H15F2NO. The molecule has 0 atom stereocenters. The Balaban J connectivity index is 1.91. The van der Waals surface area contributed by atoms with E-state index in [1.54, 1.807) is 6.07 Å². The summed E-state index contributed by atoms with van der Waals surface area (Å²) >= 11 is 0. The minimum atomic E-state index is -0.814. The van der Waals surface area contributed by atoms with Crippen LogP contribution in [0.15, 0.2) is 18.2 Å². The first-order chi connectivity index (χ1) is 7.77. The van der Waals surface area contributed by atoms with E-state index in [1.165, 1.54) is 6.07 Å². The van der Waals surface area contributed by atoms with E-state index in [0.29, 0.717) is 5.56 Å². The van der Waals surface area contributed by atoms with Gasteiger partial charge in [-0.15, -0.1) is 0 Å². The molecule has 1 N–H and O–H groups in total. The van der Waals surface area contributed by atoms with Gasteiger partial charge >= 0.3 is 0 Å². The van der Waals surface area contributed by atoms with Gasteiger partial charge < -0.3 is 10.1 Å². The second kappa shape index (κ2) is 5.37. The van der Waals surface area contributed by atoms with Crippen LogP contribution in [0, 0.1) is 11.6 Å². The Hall–Kier alpha value is -1.00. The maximum Gasteiger partial charge on any atom is 0.164 e. The Kier molecular flexibility index (Phi) is 3.85. The maximum atomic E-state index is 13.3. The molecule has 1 saturated heterocycles. The largest absolute Gasteiger partial charge is 0.373 e. The van der Waals surface area contributed by atoms with Gasteiger partial charge in [-0.25, -0.2) is 8.78 Å². The topological polar surface area (TPSA) is 21.3 Å². The molecular weight excluding hydrogens is 212 g/mol. The minimum absolute atomic E-state index is 0.147. The maximum absolute atomic E-state index is 13.3. The lowest BCUT2D eigenvalue weighted by Gasteiger charge is -2.23. The highest BCUT2D eigenvalue weighted by Crippen LogP contribution is 2.15. The molecule has 0 bridgehead atoms. The molecule has 0 aromatic heterocycles. The van der Waals surface area contributed by atoms with E-state index in [0.717, 1.165) is 32.0 Å². The fourth-order valence-corrected chi connectivity index (χ4v) is 1.83. The summed E-state index contributed by atoms with van der Waals surface area (Å²) in [6, 6.07) is 4.17. The molecule has 0 saturated carbocycles. The van der Waals surface area contributed by atoms with Crippen molar-refractivity contribution in [2.24, 2.45) is 0 Å². The number of halogens is 2. The summed E-state index contributed by atoms with van der Waals surface area (Å²) in [4.78, 5) is 0. The van der Waals surface area contributed by atoms with E-state index < -0.39 is 11.6 Å².